The second-order valence-electron chi connectivity index (χ2n) is 4.35. The summed E-state index contributed by atoms with van der Waals surface area (Å²) in [6.07, 6.45) is 1.65. The maximum Gasteiger partial charge on any atom is 0.238 e. The van der Waals surface area contributed by atoms with Crippen LogP contribution in [0, 0.1) is 27.7 Å². The third kappa shape index (κ3) is 2.70. The van der Waals surface area contributed by atoms with Gasteiger partial charge in [-0.15, -0.1) is 0 Å². The molecule has 1 heterocycles. The van der Waals surface area contributed by atoms with Gasteiger partial charge in [0, 0.05) is 4.47 Å². The van der Waals surface area contributed by atoms with Crippen molar-refractivity contribution in [2.24, 2.45) is 0 Å². The van der Waals surface area contributed by atoms with Gasteiger partial charge in [0.2, 0.25) is 5.88 Å². The molecule has 2 rings (SSSR count). The fourth-order valence-corrected chi connectivity index (χ4v) is 1.88. The zero-order valence-corrected chi connectivity index (χ0v) is 12.5. The summed E-state index contributed by atoms with van der Waals surface area (Å²) in [7, 11) is 0. The monoisotopic (exact) mass is 306 g/mol. The lowest BCUT2D eigenvalue weighted by molar-refractivity contribution is 0.457. The molecule has 0 saturated carbocycles. The van der Waals surface area contributed by atoms with E-state index in [1.165, 1.54) is 0 Å². The molecule has 0 amide bonds. The van der Waals surface area contributed by atoms with Crippen LogP contribution in [0.5, 0.6) is 11.6 Å². The van der Waals surface area contributed by atoms with Gasteiger partial charge >= 0.3 is 0 Å². The van der Waals surface area contributed by atoms with Crippen molar-refractivity contribution < 1.29 is 4.74 Å². The Hall–Kier alpha value is -1.42. The first-order chi connectivity index (χ1) is 8.47. The van der Waals surface area contributed by atoms with E-state index in [4.69, 9.17) is 4.74 Å². The number of nitrogens with zero attached hydrogens (tertiary/aromatic N) is 2. The van der Waals surface area contributed by atoms with Crippen molar-refractivity contribution in [1.82, 2.24) is 9.97 Å². The number of benzene rings is 1. The Balaban J connectivity index is 2.31. The first-order valence-electron chi connectivity index (χ1n) is 5.72. The van der Waals surface area contributed by atoms with Crippen LogP contribution in [0.2, 0.25) is 0 Å². The lowest BCUT2D eigenvalue weighted by Crippen LogP contribution is -1.96. The lowest BCUT2D eigenvalue weighted by Gasteiger charge is -2.09. The second kappa shape index (κ2) is 5.06. The molecule has 0 fully saturated rings. The number of hydrogen-bond donors (Lipinski definition) is 0. The molecule has 0 aliphatic rings. The fourth-order valence-electron chi connectivity index (χ4n) is 1.66. The molecule has 0 aliphatic heterocycles. The van der Waals surface area contributed by atoms with Crippen molar-refractivity contribution in [2.45, 2.75) is 27.7 Å². The molecule has 0 saturated heterocycles. The van der Waals surface area contributed by atoms with E-state index in [2.05, 4.69) is 25.9 Å². The molecule has 0 N–H and O–H groups in total. The Kier molecular flexibility index (Phi) is 3.66. The average Bonchev–Trinajstić information content (AvgIpc) is 2.31. The van der Waals surface area contributed by atoms with E-state index in [1.54, 1.807) is 6.20 Å². The van der Waals surface area contributed by atoms with Crippen LogP contribution in [-0.4, -0.2) is 9.97 Å². The molecule has 3 nitrogen and oxygen atoms in total. The van der Waals surface area contributed by atoms with Crippen LogP contribution < -0.4 is 4.74 Å². The van der Waals surface area contributed by atoms with Gasteiger partial charge in [0.15, 0.2) is 0 Å². The molecule has 0 spiro atoms. The minimum absolute atomic E-state index is 0.527. The summed E-state index contributed by atoms with van der Waals surface area (Å²) < 4.78 is 6.85. The molecule has 18 heavy (non-hydrogen) atoms. The van der Waals surface area contributed by atoms with Crippen LogP contribution in [0.1, 0.15) is 22.5 Å². The number of rotatable bonds is 2. The maximum absolute atomic E-state index is 5.74. The molecule has 1 aromatic heterocycles. The van der Waals surface area contributed by atoms with Crippen LogP contribution in [0.4, 0.5) is 0 Å². The summed E-state index contributed by atoms with van der Waals surface area (Å²) in [5.74, 6) is 1.31. The molecule has 4 heteroatoms. The summed E-state index contributed by atoms with van der Waals surface area (Å²) in [6, 6.07) is 3.96. The van der Waals surface area contributed by atoms with Crippen LogP contribution in [0.3, 0.4) is 0 Å². The summed E-state index contributed by atoms with van der Waals surface area (Å²) in [4.78, 5) is 8.59. The van der Waals surface area contributed by atoms with Gasteiger partial charge in [-0.2, -0.15) is 0 Å². The zero-order valence-electron chi connectivity index (χ0n) is 10.9. The van der Waals surface area contributed by atoms with Gasteiger partial charge in [-0.05, 0) is 51.0 Å². The van der Waals surface area contributed by atoms with E-state index in [1.807, 2.05) is 39.8 Å². The van der Waals surface area contributed by atoms with E-state index in [0.717, 1.165) is 32.7 Å². The van der Waals surface area contributed by atoms with E-state index >= 15 is 0 Å². The Morgan fingerprint density at radius 3 is 2.17 bits per heavy atom. The normalized spacial score (nSPS) is 10.5. The summed E-state index contributed by atoms with van der Waals surface area (Å²) in [5.41, 5.74) is 4.09. The summed E-state index contributed by atoms with van der Waals surface area (Å²) in [5, 5.41) is 0. The molecule has 2 aromatic rings. The van der Waals surface area contributed by atoms with Crippen molar-refractivity contribution in [3.05, 3.63) is 45.3 Å². The minimum Gasteiger partial charge on any atom is -0.437 e. The minimum atomic E-state index is 0.527. The van der Waals surface area contributed by atoms with E-state index in [-0.39, 0.29) is 0 Å². The number of aryl methyl sites for hydroxylation is 4. The molecule has 0 radical (unpaired) electrons. The Labute approximate surface area is 115 Å². The van der Waals surface area contributed by atoms with Crippen LogP contribution in [0.15, 0.2) is 22.8 Å². The Bertz CT molecular complexity index is 573. The van der Waals surface area contributed by atoms with Crippen molar-refractivity contribution in [2.75, 3.05) is 0 Å². The van der Waals surface area contributed by atoms with Crippen molar-refractivity contribution >= 4 is 15.9 Å². The van der Waals surface area contributed by atoms with Gasteiger partial charge in [-0.1, -0.05) is 15.9 Å². The number of ether oxygens (including phenoxy) is 1. The first-order valence-corrected chi connectivity index (χ1v) is 6.51. The number of aromatic nitrogens is 2. The third-order valence-electron chi connectivity index (χ3n) is 2.80. The average molecular weight is 307 g/mol. The standard InChI is InChI=1S/C14H15BrN2O/c1-8-5-12(6-9(2)14(8)15)18-13-7-16-10(3)11(4)17-13/h5-7H,1-4H3. The first kappa shape index (κ1) is 13.0. The van der Waals surface area contributed by atoms with E-state index in [0.29, 0.717) is 5.88 Å². The fraction of sp³-hybridized carbons (Fsp3) is 0.286. The smallest absolute Gasteiger partial charge is 0.238 e. The summed E-state index contributed by atoms with van der Waals surface area (Å²) >= 11 is 3.54. The lowest BCUT2D eigenvalue weighted by atomic mass is 10.1. The maximum atomic E-state index is 5.74. The Morgan fingerprint density at radius 1 is 1.00 bits per heavy atom. The highest BCUT2D eigenvalue weighted by Crippen LogP contribution is 2.28. The van der Waals surface area contributed by atoms with Gasteiger partial charge in [0.25, 0.3) is 0 Å². The van der Waals surface area contributed by atoms with E-state index in [9.17, 15) is 0 Å². The van der Waals surface area contributed by atoms with Gasteiger partial charge in [-0.3, -0.25) is 4.98 Å². The highest BCUT2D eigenvalue weighted by molar-refractivity contribution is 9.10. The molecular formula is C14H15BrN2O. The van der Waals surface area contributed by atoms with Crippen molar-refractivity contribution in [3.8, 4) is 11.6 Å². The number of halogens is 1. The van der Waals surface area contributed by atoms with Gasteiger partial charge < -0.3 is 4.74 Å². The predicted molar refractivity (Wildman–Crippen MR) is 75.2 cm³/mol. The zero-order chi connectivity index (χ0) is 13.3. The van der Waals surface area contributed by atoms with E-state index < -0.39 is 0 Å². The van der Waals surface area contributed by atoms with Crippen LogP contribution in [-0.2, 0) is 0 Å². The topological polar surface area (TPSA) is 35.0 Å². The van der Waals surface area contributed by atoms with Crippen LogP contribution in [0.25, 0.3) is 0 Å². The van der Waals surface area contributed by atoms with Gasteiger partial charge in [0.1, 0.15) is 5.75 Å². The molecule has 0 bridgehead atoms. The molecule has 0 aliphatic carbocycles. The van der Waals surface area contributed by atoms with Crippen molar-refractivity contribution in [1.29, 1.82) is 0 Å². The number of hydrogen-bond acceptors (Lipinski definition) is 3. The highest BCUT2D eigenvalue weighted by atomic mass is 79.9. The van der Waals surface area contributed by atoms with Crippen molar-refractivity contribution in [3.63, 3.8) is 0 Å². The molecule has 94 valence electrons. The Morgan fingerprint density at radius 2 is 1.61 bits per heavy atom. The molecule has 0 unspecified atom stereocenters. The SMILES string of the molecule is Cc1cc(Oc2cnc(C)c(C)n2)cc(C)c1Br. The predicted octanol–water partition coefficient (Wildman–Crippen LogP) is 4.27. The molecular weight excluding hydrogens is 292 g/mol. The largest absolute Gasteiger partial charge is 0.437 e. The molecule has 1 aromatic carbocycles. The van der Waals surface area contributed by atoms with Gasteiger partial charge in [0.05, 0.1) is 17.6 Å². The molecule has 0 atom stereocenters. The second-order valence-corrected chi connectivity index (χ2v) is 5.15. The van der Waals surface area contributed by atoms with Crippen LogP contribution >= 0.6 is 15.9 Å². The quantitative estimate of drug-likeness (QED) is 0.831. The van der Waals surface area contributed by atoms with Gasteiger partial charge in [-0.25, -0.2) is 4.98 Å². The summed E-state index contributed by atoms with van der Waals surface area (Å²) in [6.45, 7) is 7.93. The third-order valence-corrected chi connectivity index (χ3v) is 4.05. The highest BCUT2D eigenvalue weighted by Gasteiger charge is 2.06.